The Morgan fingerprint density at radius 3 is 1.57 bits per heavy atom. The number of para-hydroxylation sites is 1. The van der Waals surface area contributed by atoms with Crippen molar-refractivity contribution in [2.24, 2.45) is 40.5 Å². The predicted molar refractivity (Wildman–Crippen MR) is 285 cm³/mol. The van der Waals surface area contributed by atoms with E-state index in [0.29, 0.717) is 38.6 Å². The summed E-state index contributed by atoms with van der Waals surface area (Å²) < 4.78 is 0. The summed E-state index contributed by atoms with van der Waals surface area (Å²) in [6.45, 7) is 7.58. The summed E-state index contributed by atoms with van der Waals surface area (Å²) in [7, 11) is 0. The fraction of sp³-hybridized carbons (Fsp3) is 0.633. The third-order valence-electron chi connectivity index (χ3n) is 12.4. The van der Waals surface area contributed by atoms with E-state index in [4.69, 9.17) is 39.5 Å². The molecule has 0 spiro atoms. The summed E-state index contributed by atoms with van der Waals surface area (Å²) in [6, 6.07) is -0.773. The van der Waals surface area contributed by atoms with E-state index < -0.39 is 96.2 Å². The first-order valence-corrected chi connectivity index (χ1v) is 25.8. The maximum atomic E-state index is 14.2. The van der Waals surface area contributed by atoms with Crippen LogP contribution in [0.4, 0.5) is 0 Å². The smallest absolute Gasteiger partial charge is 0.326 e. The summed E-state index contributed by atoms with van der Waals surface area (Å²) >= 11 is 0. The van der Waals surface area contributed by atoms with Gasteiger partial charge in [0.15, 0.2) is 11.9 Å². The lowest BCUT2D eigenvalue weighted by molar-refractivity contribution is -0.142. The van der Waals surface area contributed by atoms with Crippen molar-refractivity contribution in [3.63, 3.8) is 0 Å². The molecule has 0 radical (unpaired) electrons. The first-order valence-electron chi connectivity index (χ1n) is 25.8. The number of carboxylic acid groups (broad SMARTS) is 1. The predicted octanol–water partition coefficient (Wildman–Crippen LogP) is -1.98. The minimum atomic E-state index is -1.33. The first kappa shape index (κ1) is 64.1. The number of unbranched alkanes of at least 4 members (excludes halogenated alkanes) is 2. The fourth-order valence-electron chi connectivity index (χ4n) is 8.02. The van der Waals surface area contributed by atoms with E-state index in [9.17, 15) is 43.5 Å². The summed E-state index contributed by atoms with van der Waals surface area (Å²) in [6.07, 6.45) is 4.89. The van der Waals surface area contributed by atoms with Crippen molar-refractivity contribution in [1.82, 2.24) is 52.8 Å². The third kappa shape index (κ3) is 24.2. The quantitative estimate of drug-likeness (QED) is 0.0198. The van der Waals surface area contributed by atoms with Crippen LogP contribution in [0.25, 0.3) is 10.9 Å². The minimum Gasteiger partial charge on any atom is -0.480 e. The number of carbonyl (C=O) groups is 8. The average Bonchev–Trinajstić information content (AvgIpc) is 3.77. The van der Waals surface area contributed by atoms with Crippen LogP contribution in [-0.2, 0) is 44.8 Å². The zero-order valence-corrected chi connectivity index (χ0v) is 43.9. The van der Waals surface area contributed by atoms with Crippen molar-refractivity contribution < 1.29 is 43.5 Å². The summed E-state index contributed by atoms with van der Waals surface area (Å²) in [4.78, 5) is 112. The van der Waals surface area contributed by atoms with Gasteiger partial charge >= 0.3 is 5.97 Å². The van der Waals surface area contributed by atoms with Gasteiger partial charge in [-0.25, -0.2) is 4.79 Å². The van der Waals surface area contributed by atoms with Gasteiger partial charge in [0.25, 0.3) is 0 Å². The molecule has 0 fully saturated rings. The van der Waals surface area contributed by atoms with E-state index in [0.717, 1.165) is 16.5 Å². The maximum absolute atomic E-state index is 14.2. The molecule has 26 heteroatoms. The summed E-state index contributed by atoms with van der Waals surface area (Å²) in [5.74, 6) is -7.43. The molecule has 0 aliphatic heterocycles. The van der Waals surface area contributed by atoms with Crippen molar-refractivity contribution in [3.8, 4) is 0 Å². The number of hydrogen-bond donors (Lipinski definition) is 18. The molecule has 0 bridgehead atoms. The molecule has 1 aromatic heterocycles. The number of aromatic nitrogens is 1. The Kier molecular flexibility index (Phi) is 29.4. The zero-order valence-electron chi connectivity index (χ0n) is 43.9. The van der Waals surface area contributed by atoms with Crippen molar-refractivity contribution in [2.75, 3.05) is 32.7 Å². The molecule has 1 heterocycles. The van der Waals surface area contributed by atoms with Gasteiger partial charge < -0.3 is 86.6 Å². The molecule has 0 unspecified atom stereocenters. The van der Waals surface area contributed by atoms with Crippen LogP contribution in [0.1, 0.15) is 110 Å². The number of hydrogen-bond acceptors (Lipinski definition) is 13. The number of carbonyl (C=O) groups excluding carboxylic acids is 7. The highest BCUT2D eigenvalue weighted by atomic mass is 16.4. The molecule has 2 aromatic rings. The summed E-state index contributed by atoms with van der Waals surface area (Å²) in [5, 5.41) is 49.4. The van der Waals surface area contributed by atoms with Gasteiger partial charge in [0.2, 0.25) is 41.4 Å². The average molecular weight is 1060 g/mol. The second-order valence-electron chi connectivity index (χ2n) is 19.1. The topological polar surface area (TPSA) is 459 Å². The number of nitrogens with two attached hydrogens (primary N) is 5. The number of fused-ring (bicyclic) bond motifs is 1. The summed E-state index contributed by atoms with van der Waals surface area (Å²) in [5.41, 5.74) is 30.3. The number of amides is 7. The van der Waals surface area contributed by atoms with E-state index in [1.54, 1.807) is 13.1 Å². The Hall–Kier alpha value is -7.06. The highest BCUT2D eigenvalue weighted by molar-refractivity contribution is 5.97. The minimum absolute atomic E-state index is 0.0138. The van der Waals surface area contributed by atoms with Crippen LogP contribution in [0.3, 0.4) is 0 Å². The van der Waals surface area contributed by atoms with Gasteiger partial charge in [-0.2, -0.15) is 0 Å². The molecule has 8 atom stereocenters. The number of rotatable bonds is 37. The van der Waals surface area contributed by atoms with Gasteiger partial charge in [-0.3, -0.25) is 44.4 Å². The largest absolute Gasteiger partial charge is 0.480 e. The van der Waals surface area contributed by atoms with E-state index in [1.807, 2.05) is 45.0 Å². The van der Waals surface area contributed by atoms with E-state index >= 15 is 0 Å². The Morgan fingerprint density at radius 2 is 1.09 bits per heavy atom. The second kappa shape index (κ2) is 34.4. The molecule has 0 saturated carbocycles. The normalized spacial score (nSPS) is 14.3. The second-order valence-corrected chi connectivity index (χ2v) is 19.1. The molecule has 7 amide bonds. The molecule has 0 aliphatic carbocycles. The Bertz CT molecular complexity index is 2190. The van der Waals surface area contributed by atoms with Crippen LogP contribution >= 0.6 is 0 Å². The van der Waals surface area contributed by atoms with Crippen LogP contribution in [0.15, 0.2) is 30.5 Å². The van der Waals surface area contributed by atoms with Gasteiger partial charge in [-0.05, 0) is 114 Å². The number of guanidine groups is 2. The van der Waals surface area contributed by atoms with Crippen LogP contribution in [0.5, 0.6) is 0 Å². The molecule has 75 heavy (non-hydrogen) atoms. The SMILES string of the molecule is CC[C@H](C)[C@H](NC(=O)[C@@H](N)Cc1c[nH]c2ccccc12)C(=O)NCC(=O)N[C@@H](CC(C)C)C(=O)N[C@@H](CCCNC(=N)N)C(=O)N[C@@H](CCCCN)C(=O)N[C@@H](CCCCN)C(=O)N[C@@H](CCCNC(=N)N)C(=O)O. The molecule has 2 rings (SSSR count). The van der Waals surface area contributed by atoms with E-state index in [1.165, 1.54) is 0 Å². The number of carboxylic acids is 1. The van der Waals surface area contributed by atoms with Gasteiger partial charge in [0.05, 0.1) is 12.6 Å². The molecule has 0 saturated heterocycles. The molecule has 420 valence electrons. The van der Waals surface area contributed by atoms with Gasteiger partial charge in [-0.15, -0.1) is 0 Å². The number of benzene rings is 1. The third-order valence-corrected chi connectivity index (χ3v) is 12.4. The molecular weight excluding hydrogens is 971 g/mol. The van der Waals surface area contributed by atoms with Crippen LogP contribution in [0.2, 0.25) is 0 Å². The van der Waals surface area contributed by atoms with Gasteiger partial charge in [-0.1, -0.05) is 52.3 Å². The molecule has 23 N–H and O–H groups in total. The van der Waals surface area contributed by atoms with Crippen molar-refractivity contribution in [1.29, 1.82) is 10.8 Å². The fourth-order valence-corrected chi connectivity index (χ4v) is 8.02. The number of aliphatic carboxylic acids is 1. The Labute approximate surface area is 438 Å². The molecular formula is C49H85N17O9. The van der Waals surface area contributed by atoms with Crippen molar-refractivity contribution in [3.05, 3.63) is 36.0 Å². The van der Waals surface area contributed by atoms with Crippen LogP contribution in [-0.4, -0.2) is 144 Å². The molecule has 26 nitrogen and oxygen atoms in total. The molecule has 0 aliphatic rings. The van der Waals surface area contributed by atoms with Crippen molar-refractivity contribution >= 4 is 70.1 Å². The lowest BCUT2D eigenvalue weighted by Gasteiger charge is -2.28. The lowest BCUT2D eigenvalue weighted by atomic mass is 9.97. The van der Waals surface area contributed by atoms with E-state index in [-0.39, 0.29) is 94.8 Å². The zero-order chi connectivity index (χ0) is 56.0. The van der Waals surface area contributed by atoms with Gasteiger partial charge in [0.1, 0.15) is 36.3 Å². The Balaban J connectivity index is 2.28. The van der Waals surface area contributed by atoms with Crippen LogP contribution < -0.4 is 76.5 Å². The van der Waals surface area contributed by atoms with E-state index in [2.05, 4.69) is 52.8 Å². The standard InChI is InChI=1S/C49H85N17O9/c1-5-29(4)40(66-41(68)32(52)25-30-26-59-33-15-7-6-14-31(30)33)46(73)60-27-39(67)61-38(24-28(2)3)45(72)64-36(18-12-22-57-48(53)54)43(70)62-34(16-8-10-20-50)42(69)63-35(17-9-11-21-51)44(71)65-37(47(74)75)19-13-23-58-49(55)56/h6-7,14-15,26,28-29,32,34-38,40,59H,5,8-13,16-25,27,50-52H2,1-4H3,(H,60,73)(H,61,67)(H,62,70)(H,63,69)(H,64,72)(H,65,71)(H,66,68)(H,74,75)(H4,53,54,57)(H4,55,56,58)/t29-,32-,34-,35-,36-,37-,38-,40-/m0/s1. The maximum Gasteiger partial charge on any atom is 0.326 e. The first-order chi connectivity index (χ1) is 35.6. The lowest BCUT2D eigenvalue weighted by Crippen LogP contribution is -2.59. The monoisotopic (exact) mass is 1060 g/mol. The number of H-pyrrole nitrogens is 1. The molecule has 1 aromatic carbocycles. The number of aromatic amines is 1. The van der Waals surface area contributed by atoms with Crippen molar-refractivity contribution in [2.45, 2.75) is 153 Å². The Morgan fingerprint density at radius 1 is 0.613 bits per heavy atom. The van der Waals surface area contributed by atoms with Gasteiger partial charge in [0, 0.05) is 30.2 Å². The van der Waals surface area contributed by atoms with Crippen LogP contribution in [0, 0.1) is 22.7 Å². The number of nitrogens with one attached hydrogen (secondary N) is 12. The highest BCUT2D eigenvalue weighted by Gasteiger charge is 2.34. The highest BCUT2D eigenvalue weighted by Crippen LogP contribution is 2.19.